The molecule has 0 unspecified atom stereocenters. The van der Waals surface area contributed by atoms with Gasteiger partial charge in [-0.25, -0.2) is 0 Å². The summed E-state index contributed by atoms with van der Waals surface area (Å²) < 4.78 is 10.4. The molecule has 0 aliphatic heterocycles. The number of nitrogen functional groups attached to an aromatic ring is 2. The quantitative estimate of drug-likeness (QED) is 0.682. The van der Waals surface area contributed by atoms with E-state index in [0.717, 1.165) is 11.3 Å². The average Bonchev–Trinajstić information content (AvgIpc) is 2.95. The zero-order valence-electron chi connectivity index (χ0n) is 10.3. The van der Waals surface area contributed by atoms with Crippen molar-refractivity contribution in [2.75, 3.05) is 11.5 Å². The minimum Gasteiger partial charge on any atom is -0.469 e. The second-order valence-electron chi connectivity index (χ2n) is 4.20. The minimum absolute atomic E-state index is 0.370. The summed E-state index contributed by atoms with van der Waals surface area (Å²) in [7, 11) is 0. The van der Waals surface area contributed by atoms with Crippen LogP contribution in [0.5, 0.6) is 0 Å². The van der Waals surface area contributed by atoms with Gasteiger partial charge in [-0.15, -0.1) is 0 Å². The summed E-state index contributed by atoms with van der Waals surface area (Å²) in [5.41, 5.74) is 14.1. The monoisotopic (exact) mass is 256 g/mol. The fourth-order valence-corrected chi connectivity index (χ4v) is 1.87. The van der Waals surface area contributed by atoms with Gasteiger partial charge < -0.3 is 20.4 Å². The van der Waals surface area contributed by atoms with Crippen molar-refractivity contribution in [3.8, 4) is 22.8 Å². The van der Waals surface area contributed by atoms with Crippen LogP contribution in [0.1, 0.15) is 5.76 Å². The lowest BCUT2D eigenvalue weighted by molar-refractivity contribution is 0.432. The lowest BCUT2D eigenvalue weighted by Crippen LogP contribution is -1.91. The molecule has 3 rings (SSSR count). The number of rotatable bonds is 2. The second-order valence-corrected chi connectivity index (χ2v) is 4.20. The number of benzene rings is 1. The van der Waals surface area contributed by atoms with Gasteiger partial charge in [0.1, 0.15) is 5.76 Å². The average molecular weight is 256 g/mol. The molecule has 0 aliphatic carbocycles. The first-order chi connectivity index (χ1) is 9.13. The lowest BCUT2D eigenvalue weighted by Gasteiger charge is -1.99. The van der Waals surface area contributed by atoms with Crippen LogP contribution in [0.3, 0.4) is 0 Å². The van der Waals surface area contributed by atoms with Crippen molar-refractivity contribution in [1.82, 2.24) is 10.1 Å². The fourth-order valence-electron chi connectivity index (χ4n) is 1.87. The molecule has 0 bridgehead atoms. The molecule has 96 valence electrons. The minimum atomic E-state index is 0.370. The molecule has 0 aliphatic rings. The Morgan fingerprint density at radius 3 is 2.47 bits per heavy atom. The molecule has 4 N–H and O–H groups in total. The van der Waals surface area contributed by atoms with Crippen molar-refractivity contribution in [1.29, 1.82) is 0 Å². The van der Waals surface area contributed by atoms with Crippen molar-refractivity contribution in [3.63, 3.8) is 0 Å². The van der Waals surface area contributed by atoms with Gasteiger partial charge in [0.05, 0.1) is 11.8 Å². The first-order valence-corrected chi connectivity index (χ1v) is 5.68. The largest absolute Gasteiger partial charge is 0.469 e. The maximum atomic E-state index is 5.74. The number of aryl methyl sites for hydroxylation is 1. The van der Waals surface area contributed by atoms with E-state index in [0.29, 0.717) is 28.7 Å². The second kappa shape index (κ2) is 4.16. The third kappa shape index (κ3) is 2.03. The van der Waals surface area contributed by atoms with Gasteiger partial charge in [-0.1, -0.05) is 5.16 Å². The van der Waals surface area contributed by atoms with Crippen LogP contribution in [-0.4, -0.2) is 10.1 Å². The van der Waals surface area contributed by atoms with E-state index in [4.69, 9.17) is 20.4 Å². The molecule has 0 atom stereocenters. The van der Waals surface area contributed by atoms with Crippen LogP contribution < -0.4 is 11.5 Å². The normalized spacial score (nSPS) is 10.8. The molecule has 0 saturated carbocycles. The van der Waals surface area contributed by atoms with E-state index >= 15 is 0 Å². The maximum absolute atomic E-state index is 5.74. The van der Waals surface area contributed by atoms with Crippen molar-refractivity contribution in [2.24, 2.45) is 0 Å². The summed E-state index contributed by atoms with van der Waals surface area (Å²) in [5.74, 6) is 1.58. The third-order valence-corrected chi connectivity index (χ3v) is 2.75. The van der Waals surface area contributed by atoms with Gasteiger partial charge in [-0.2, -0.15) is 4.98 Å². The summed E-state index contributed by atoms with van der Waals surface area (Å²) in [6, 6.07) is 6.92. The standard InChI is InChI=1S/C13H12N4O2/c1-7-11(2-3-18-7)12-16-13(19-17-12)8-4-9(14)6-10(15)5-8/h2-6H,14-15H2,1H3. The van der Waals surface area contributed by atoms with E-state index in [1.165, 1.54) is 0 Å². The molecular formula is C13H12N4O2. The molecular weight excluding hydrogens is 244 g/mol. The SMILES string of the molecule is Cc1occc1-c1noc(-c2cc(N)cc(N)c2)n1. The van der Waals surface area contributed by atoms with E-state index in [2.05, 4.69) is 10.1 Å². The van der Waals surface area contributed by atoms with Crippen molar-refractivity contribution >= 4 is 11.4 Å². The molecule has 2 heterocycles. The van der Waals surface area contributed by atoms with Crippen LogP contribution >= 0.6 is 0 Å². The highest BCUT2D eigenvalue weighted by molar-refractivity contribution is 5.68. The first-order valence-electron chi connectivity index (χ1n) is 5.68. The molecule has 0 fully saturated rings. The molecule has 0 saturated heterocycles. The number of aromatic nitrogens is 2. The lowest BCUT2D eigenvalue weighted by atomic mass is 10.2. The molecule has 3 aromatic rings. The number of nitrogens with two attached hydrogens (primary N) is 2. The predicted molar refractivity (Wildman–Crippen MR) is 71.0 cm³/mol. The Morgan fingerprint density at radius 1 is 1.11 bits per heavy atom. The summed E-state index contributed by atoms with van der Waals surface area (Å²) in [4.78, 5) is 4.32. The molecule has 0 radical (unpaired) electrons. The summed E-state index contributed by atoms with van der Waals surface area (Å²) in [6.07, 6.45) is 1.58. The maximum Gasteiger partial charge on any atom is 0.258 e. The highest BCUT2D eigenvalue weighted by Gasteiger charge is 2.14. The van der Waals surface area contributed by atoms with Crippen molar-refractivity contribution < 1.29 is 8.94 Å². The molecule has 1 aromatic carbocycles. The van der Waals surface area contributed by atoms with Crippen LogP contribution in [0.4, 0.5) is 11.4 Å². The Labute approximate surface area is 109 Å². The first kappa shape index (κ1) is 11.3. The fraction of sp³-hybridized carbons (Fsp3) is 0.0769. The van der Waals surface area contributed by atoms with Gasteiger partial charge >= 0.3 is 0 Å². The van der Waals surface area contributed by atoms with Crippen molar-refractivity contribution in [2.45, 2.75) is 6.92 Å². The molecule has 0 amide bonds. The van der Waals surface area contributed by atoms with Crippen LogP contribution in [0, 0.1) is 6.92 Å². The number of hydrogen-bond donors (Lipinski definition) is 2. The van der Waals surface area contributed by atoms with Gasteiger partial charge in [0.25, 0.3) is 5.89 Å². The molecule has 6 heteroatoms. The zero-order valence-corrected chi connectivity index (χ0v) is 10.3. The number of anilines is 2. The summed E-state index contributed by atoms with van der Waals surface area (Å²) in [5, 5.41) is 3.93. The Bertz CT molecular complexity index is 710. The predicted octanol–water partition coefficient (Wildman–Crippen LogP) is 2.47. The summed E-state index contributed by atoms with van der Waals surface area (Å²) in [6.45, 7) is 1.84. The molecule has 2 aromatic heterocycles. The van der Waals surface area contributed by atoms with Gasteiger partial charge in [-0.3, -0.25) is 0 Å². The van der Waals surface area contributed by atoms with Gasteiger partial charge in [0, 0.05) is 16.9 Å². The third-order valence-electron chi connectivity index (χ3n) is 2.75. The Balaban J connectivity index is 2.04. The van der Waals surface area contributed by atoms with E-state index in [1.807, 2.05) is 6.92 Å². The Kier molecular flexibility index (Phi) is 2.49. The smallest absolute Gasteiger partial charge is 0.258 e. The van der Waals surface area contributed by atoms with Gasteiger partial charge in [0.15, 0.2) is 0 Å². The van der Waals surface area contributed by atoms with Crippen LogP contribution in [0.25, 0.3) is 22.8 Å². The summed E-state index contributed by atoms with van der Waals surface area (Å²) >= 11 is 0. The zero-order chi connectivity index (χ0) is 13.4. The van der Waals surface area contributed by atoms with E-state index < -0.39 is 0 Å². The van der Waals surface area contributed by atoms with Gasteiger partial charge in [0.2, 0.25) is 5.82 Å². The topological polar surface area (TPSA) is 104 Å². The van der Waals surface area contributed by atoms with Crippen LogP contribution in [-0.2, 0) is 0 Å². The highest BCUT2D eigenvalue weighted by Crippen LogP contribution is 2.27. The highest BCUT2D eigenvalue weighted by atomic mass is 16.5. The van der Waals surface area contributed by atoms with Crippen LogP contribution in [0.15, 0.2) is 39.5 Å². The van der Waals surface area contributed by atoms with E-state index in [1.54, 1.807) is 30.5 Å². The van der Waals surface area contributed by atoms with Crippen LogP contribution in [0.2, 0.25) is 0 Å². The molecule has 19 heavy (non-hydrogen) atoms. The van der Waals surface area contributed by atoms with E-state index in [-0.39, 0.29) is 0 Å². The van der Waals surface area contributed by atoms with E-state index in [9.17, 15) is 0 Å². The van der Waals surface area contributed by atoms with Crippen molar-refractivity contribution in [3.05, 3.63) is 36.3 Å². The number of hydrogen-bond acceptors (Lipinski definition) is 6. The Morgan fingerprint density at radius 2 is 1.84 bits per heavy atom. The molecule has 6 nitrogen and oxygen atoms in total. The number of nitrogens with zero attached hydrogens (tertiary/aromatic N) is 2. The Hall–Kier alpha value is -2.76. The van der Waals surface area contributed by atoms with Gasteiger partial charge in [-0.05, 0) is 31.2 Å². The molecule has 0 spiro atoms. The number of furan rings is 1.